The fourth-order valence-corrected chi connectivity index (χ4v) is 4.64. The van der Waals surface area contributed by atoms with Crippen LogP contribution >= 0.6 is 0 Å². The third kappa shape index (κ3) is 3.05. The second-order valence-electron chi connectivity index (χ2n) is 7.63. The van der Waals surface area contributed by atoms with Gasteiger partial charge in [-0.1, -0.05) is 20.3 Å². The molecule has 2 heterocycles. The second kappa shape index (κ2) is 6.33. The fraction of sp³-hybridized carbons (Fsp3) is 1.00. The first-order valence-electron chi connectivity index (χ1n) is 8.81. The van der Waals surface area contributed by atoms with Gasteiger partial charge in [-0.2, -0.15) is 0 Å². The van der Waals surface area contributed by atoms with Gasteiger partial charge in [0.15, 0.2) is 0 Å². The molecule has 3 rings (SSSR count). The van der Waals surface area contributed by atoms with Crippen molar-refractivity contribution in [1.29, 1.82) is 0 Å². The number of nitrogens with zero attached hydrogens (tertiary/aromatic N) is 2. The number of piperazine rings is 1. The van der Waals surface area contributed by atoms with E-state index in [1.54, 1.807) is 0 Å². The minimum Gasteiger partial charge on any atom is -0.391 e. The van der Waals surface area contributed by atoms with E-state index in [0.717, 1.165) is 24.3 Å². The molecule has 0 radical (unpaired) electrons. The molecule has 3 aliphatic rings. The first-order chi connectivity index (χ1) is 9.65. The summed E-state index contributed by atoms with van der Waals surface area (Å²) in [5.74, 6) is 1.58. The van der Waals surface area contributed by atoms with Crippen LogP contribution in [0.25, 0.3) is 0 Å². The van der Waals surface area contributed by atoms with Crippen molar-refractivity contribution >= 4 is 0 Å². The lowest BCUT2D eigenvalue weighted by molar-refractivity contribution is -0.0442. The van der Waals surface area contributed by atoms with Crippen molar-refractivity contribution in [3.8, 4) is 0 Å². The van der Waals surface area contributed by atoms with E-state index < -0.39 is 0 Å². The van der Waals surface area contributed by atoms with Crippen molar-refractivity contribution in [2.45, 2.75) is 70.6 Å². The van der Waals surface area contributed by atoms with Crippen LogP contribution in [0.3, 0.4) is 0 Å². The summed E-state index contributed by atoms with van der Waals surface area (Å²) < 4.78 is 0. The summed E-state index contributed by atoms with van der Waals surface area (Å²) in [5.41, 5.74) is 0. The largest absolute Gasteiger partial charge is 0.391 e. The van der Waals surface area contributed by atoms with E-state index in [1.165, 1.54) is 58.3 Å². The van der Waals surface area contributed by atoms with Crippen LogP contribution in [0.15, 0.2) is 0 Å². The molecule has 2 saturated heterocycles. The molecule has 0 spiro atoms. The van der Waals surface area contributed by atoms with Gasteiger partial charge in [0, 0.05) is 31.7 Å². The maximum atomic E-state index is 10.5. The zero-order valence-electron chi connectivity index (χ0n) is 13.3. The highest BCUT2D eigenvalue weighted by molar-refractivity contribution is 4.93. The monoisotopic (exact) mass is 280 g/mol. The Balaban J connectivity index is 1.62. The van der Waals surface area contributed by atoms with Crippen molar-refractivity contribution in [3.63, 3.8) is 0 Å². The van der Waals surface area contributed by atoms with Crippen molar-refractivity contribution in [2.75, 3.05) is 26.2 Å². The van der Waals surface area contributed by atoms with E-state index >= 15 is 0 Å². The lowest BCUT2D eigenvalue weighted by Crippen LogP contribution is -2.60. The third-order valence-electron chi connectivity index (χ3n) is 6.10. The van der Waals surface area contributed by atoms with Crippen LogP contribution in [0.1, 0.15) is 52.4 Å². The van der Waals surface area contributed by atoms with E-state index in [-0.39, 0.29) is 6.10 Å². The van der Waals surface area contributed by atoms with Crippen LogP contribution in [0.5, 0.6) is 0 Å². The van der Waals surface area contributed by atoms with E-state index in [9.17, 15) is 5.11 Å². The van der Waals surface area contributed by atoms with Gasteiger partial charge in [-0.25, -0.2) is 0 Å². The van der Waals surface area contributed by atoms with E-state index in [1.807, 2.05) is 0 Å². The quantitative estimate of drug-likeness (QED) is 0.841. The van der Waals surface area contributed by atoms with Gasteiger partial charge in [0.2, 0.25) is 0 Å². The molecule has 2 aliphatic heterocycles. The first-order valence-corrected chi connectivity index (χ1v) is 8.81. The molecule has 4 unspecified atom stereocenters. The highest BCUT2D eigenvalue weighted by atomic mass is 16.3. The number of aliphatic hydroxyl groups is 1. The topological polar surface area (TPSA) is 26.7 Å². The summed E-state index contributed by atoms with van der Waals surface area (Å²) in [6.45, 7) is 9.59. The number of hydrogen-bond donors (Lipinski definition) is 1. The minimum atomic E-state index is -0.0832. The zero-order valence-corrected chi connectivity index (χ0v) is 13.3. The maximum absolute atomic E-state index is 10.5. The molecule has 1 saturated carbocycles. The molecule has 1 aliphatic carbocycles. The fourth-order valence-electron chi connectivity index (χ4n) is 4.64. The Labute approximate surface area is 124 Å². The van der Waals surface area contributed by atoms with Crippen molar-refractivity contribution in [1.82, 2.24) is 9.80 Å². The number of hydrogen-bond acceptors (Lipinski definition) is 3. The summed E-state index contributed by atoms with van der Waals surface area (Å²) in [4.78, 5) is 5.32. The van der Waals surface area contributed by atoms with Gasteiger partial charge < -0.3 is 5.11 Å². The Morgan fingerprint density at radius 3 is 2.55 bits per heavy atom. The van der Waals surface area contributed by atoms with Crippen LogP contribution in [-0.4, -0.2) is 59.3 Å². The van der Waals surface area contributed by atoms with Crippen LogP contribution in [0.2, 0.25) is 0 Å². The molecule has 4 atom stereocenters. The number of aliphatic hydroxyl groups excluding tert-OH is 1. The lowest BCUT2D eigenvalue weighted by Gasteiger charge is -2.49. The molecule has 116 valence electrons. The summed E-state index contributed by atoms with van der Waals surface area (Å²) in [7, 11) is 0. The van der Waals surface area contributed by atoms with E-state index in [2.05, 4.69) is 23.6 Å². The zero-order chi connectivity index (χ0) is 14.1. The molecule has 3 nitrogen and oxygen atoms in total. The predicted octanol–water partition coefficient (Wildman–Crippen LogP) is 2.34. The van der Waals surface area contributed by atoms with Crippen LogP contribution in [0, 0.1) is 11.8 Å². The maximum Gasteiger partial charge on any atom is 0.0695 e. The highest BCUT2D eigenvalue weighted by Gasteiger charge is 2.38. The molecule has 0 aromatic rings. The molecular weight excluding hydrogens is 248 g/mol. The van der Waals surface area contributed by atoms with Crippen LogP contribution < -0.4 is 0 Å². The average Bonchev–Trinajstić information content (AvgIpc) is 2.47. The van der Waals surface area contributed by atoms with Gasteiger partial charge in [-0.05, 0) is 50.5 Å². The molecule has 20 heavy (non-hydrogen) atoms. The van der Waals surface area contributed by atoms with Gasteiger partial charge in [-0.15, -0.1) is 0 Å². The van der Waals surface area contributed by atoms with E-state index in [0.29, 0.717) is 6.04 Å². The number of rotatable bonds is 2. The molecule has 0 amide bonds. The highest BCUT2D eigenvalue weighted by Crippen LogP contribution is 2.34. The van der Waals surface area contributed by atoms with Gasteiger partial charge in [0.1, 0.15) is 0 Å². The molecule has 3 fully saturated rings. The Morgan fingerprint density at radius 1 is 0.950 bits per heavy atom. The lowest BCUT2D eigenvalue weighted by atomic mass is 9.77. The average molecular weight is 280 g/mol. The summed E-state index contributed by atoms with van der Waals surface area (Å²) in [5, 5.41) is 10.5. The summed E-state index contributed by atoms with van der Waals surface area (Å²) in [6, 6.07) is 1.20. The molecule has 0 bridgehead atoms. The number of fused-ring (bicyclic) bond motifs is 1. The smallest absolute Gasteiger partial charge is 0.0695 e. The normalized spacial score (nSPS) is 40.8. The Morgan fingerprint density at radius 2 is 1.75 bits per heavy atom. The predicted molar refractivity (Wildman–Crippen MR) is 82.8 cm³/mol. The van der Waals surface area contributed by atoms with Crippen molar-refractivity contribution in [3.05, 3.63) is 0 Å². The van der Waals surface area contributed by atoms with Gasteiger partial charge in [0.25, 0.3) is 0 Å². The van der Waals surface area contributed by atoms with Crippen LogP contribution in [0.4, 0.5) is 0 Å². The molecule has 0 aromatic heterocycles. The van der Waals surface area contributed by atoms with Crippen molar-refractivity contribution < 1.29 is 5.11 Å². The Hall–Kier alpha value is -0.120. The molecular formula is C17H32N2O. The SMILES string of the molecule is CC(C)C1CCC(O)C(N2CCN3CCCCC3C2)C1. The minimum absolute atomic E-state index is 0.0832. The van der Waals surface area contributed by atoms with Gasteiger partial charge in [-0.3, -0.25) is 9.80 Å². The molecule has 0 aromatic carbocycles. The number of piperidine rings is 1. The van der Waals surface area contributed by atoms with Crippen LogP contribution in [-0.2, 0) is 0 Å². The molecule has 3 heteroatoms. The Kier molecular flexibility index (Phi) is 4.68. The standard InChI is InChI=1S/C17H32N2O/c1-13(2)14-6-7-17(20)16(11-14)19-10-9-18-8-4-3-5-15(18)12-19/h13-17,20H,3-12H2,1-2H3. The second-order valence-corrected chi connectivity index (χ2v) is 7.63. The Bertz CT molecular complexity index is 320. The third-order valence-corrected chi connectivity index (χ3v) is 6.10. The van der Waals surface area contributed by atoms with Gasteiger partial charge >= 0.3 is 0 Å². The van der Waals surface area contributed by atoms with Gasteiger partial charge in [0.05, 0.1) is 6.10 Å². The van der Waals surface area contributed by atoms with E-state index in [4.69, 9.17) is 0 Å². The molecule has 1 N–H and O–H groups in total. The summed E-state index contributed by atoms with van der Waals surface area (Å²) in [6.07, 6.45) is 7.52. The first kappa shape index (κ1) is 14.8. The summed E-state index contributed by atoms with van der Waals surface area (Å²) >= 11 is 0. The van der Waals surface area contributed by atoms with Crippen molar-refractivity contribution in [2.24, 2.45) is 11.8 Å².